The Balaban J connectivity index is 3.19. The first-order chi connectivity index (χ1) is 8.52. The van der Waals surface area contributed by atoms with Gasteiger partial charge < -0.3 is 9.64 Å². The van der Waals surface area contributed by atoms with Gasteiger partial charge in [0.25, 0.3) is 0 Å². The fourth-order valence-electron chi connectivity index (χ4n) is 1.97. The van der Waals surface area contributed by atoms with Crippen LogP contribution in [0.5, 0.6) is 0 Å². The molecular weight excluding hydrogens is 250 g/mol. The monoisotopic (exact) mass is 269 g/mol. The minimum atomic E-state index is -0.0921. The van der Waals surface area contributed by atoms with E-state index in [2.05, 4.69) is 6.07 Å². The van der Waals surface area contributed by atoms with Crippen molar-refractivity contribution in [2.45, 2.75) is 20.8 Å². The van der Waals surface area contributed by atoms with Crippen LogP contribution in [0, 0.1) is 20.8 Å². The van der Waals surface area contributed by atoms with E-state index in [0.29, 0.717) is 13.2 Å². The maximum Gasteiger partial charge on any atom is 0.242 e. The van der Waals surface area contributed by atoms with Gasteiger partial charge in [0.05, 0.1) is 6.61 Å². The first-order valence-corrected chi connectivity index (χ1v) is 6.48. The molecule has 100 valence electrons. The molecule has 0 saturated carbocycles. The number of alkyl halides is 1. The van der Waals surface area contributed by atoms with Crippen molar-refractivity contribution in [1.82, 2.24) is 0 Å². The van der Waals surface area contributed by atoms with Crippen LogP contribution in [-0.4, -0.2) is 32.0 Å². The van der Waals surface area contributed by atoms with Crippen molar-refractivity contribution in [2.75, 3.05) is 31.0 Å². The molecule has 0 fully saturated rings. The average Bonchev–Trinajstić information content (AvgIpc) is 2.37. The van der Waals surface area contributed by atoms with Gasteiger partial charge in [0.2, 0.25) is 5.91 Å². The van der Waals surface area contributed by atoms with E-state index in [4.69, 9.17) is 16.3 Å². The smallest absolute Gasteiger partial charge is 0.242 e. The van der Waals surface area contributed by atoms with Crippen LogP contribution in [0.1, 0.15) is 16.7 Å². The van der Waals surface area contributed by atoms with Gasteiger partial charge >= 0.3 is 0 Å². The highest BCUT2D eigenvalue weighted by Crippen LogP contribution is 2.27. The Labute approximate surface area is 114 Å². The van der Waals surface area contributed by atoms with Gasteiger partial charge in [-0.15, -0.1) is 11.6 Å². The summed E-state index contributed by atoms with van der Waals surface area (Å²) in [6, 6.07) is 4.09. The topological polar surface area (TPSA) is 29.5 Å². The SMILES string of the molecule is COCCN(C(=O)CCl)c1c(C)ccc(C)c1C. The molecule has 0 bridgehead atoms. The first kappa shape index (κ1) is 15.0. The van der Waals surface area contributed by atoms with Crippen molar-refractivity contribution in [1.29, 1.82) is 0 Å². The van der Waals surface area contributed by atoms with E-state index in [-0.39, 0.29) is 11.8 Å². The Morgan fingerprint density at radius 1 is 1.28 bits per heavy atom. The number of hydrogen-bond acceptors (Lipinski definition) is 2. The van der Waals surface area contributed by atoms with E-state index in [1.165, 1.54) is 5.56 Å². The molecule has 1 aromatic rings. The fourth-order valence-corrected chi connectivity index (χ4v) is 2.11. The normalized spacial score (nSPS) is 10.5. The van der Waals surface area contributed by atoms with Crippen LogP contribution in [0.25, 0.3) is 0 Å². The van der Waals surface area contributed by atoms with Crippen LogP contribution in [0.4, 0.5) is 5.69 Å². The number of benzene rings is 1. The number of nitrogens with zero attached hydrogens (tertiary/aromatic N) is 1. The van der Waals surface area contributed by atoms with Crippen molar-refractivity contribution >= 4 is 23.2 Å². The van der Waals surface area contributed by atoms with Gasteiger partial charge in [0.1, 0.15) is 5.88 Å². The summed E-state index contributed by atoms with van der Waals surface area (Å²) in [5.41, 5.74) is 4.32. The zero-order valence-corrected chi connectivity index (χ0v) is 12.2. The number of carbonyl (C=O) groups excluding carboxylic acids is 1. The predicted molar refractivity (Wildman–Crippen MR) is 75.6 cm³/mol. The van der Waals surface area contributed by atoms with Crippen molar-refractivity contribution < 1.29 is 9.53 Å². The number of aryl methyl sites for hydroxylation is 2. The minimum Gasteiger partial charge on any atom is -0.383 e. The molecule has 1 amide bonds. The zero-order chi connectivity index (χ0) is 13.7. The lowest BCUT2D eigenvalue weighted by Gasteiger charge is -2.26. The number of anilines is 1. The van der Waals surface area contributed by atoms with Gasteiger partial charge in [0, 0.05) is 19.3 Å². The molecular formula is C14H20ClNO2. The molecule has 0 aromatic heterocycles. The number of halogens is 1. The lowest BCUT2D eigenvalue weighted by molar-refractivity contribution is -0.116. The Morgan fingerprint density at radius 3 is 2.44 bits per heavy atom. The van der Waals surface area contributed by atoms with Crippen LogP contribution >= 0.6 is 11.6 Å². The Kier molecular flexibility index (Phi) is 5.63. The van der Waals surface area contributed by atoms with E-state index in [1.54, 1.807) is 12.0 Å². The third-order valence-corrected chi connectivity index (χ3v) is 3.34. The van der Waals surface area contributed by atoms with Gasteiger partial charge in [-0.3, -0.25) is 4.79 Å². The Bertz CT molecular complexity index is 432. The molecule has 18 heavy (non-hydrogen) atoms. The van der Waals surface area contributed by atoms with Gasteiger partial charge in [-0.1, -0.05) is 12.1 Å². The Morgan fingerprint density at radius 2 is 1.89 bits per heavy atom. The van der Waals surface area contributed by atoms with Crippen LogP contribution in [-0.2, 0) is 9.53 Å². The van der Waals surface area contributed by atoms with Gasteiger partial charge in [-0.05, 0) is 37.5 Å². The van der Waals surface area contributed by atoms with Crippen LogP contribution in [0.2, 0.25) is 0 Å². The summed E-state index contributed by atoms with van der Waals surface area (Å²) in [6.07, 6.45) is 0. The number of methoxy groups -OCH3 is 1. The molecule has 0 aliphatic rings. The standard InChI is InChI=1S/C14H20ClNO2/c1-10-5-6-11(2)14(12(10)3)16(7-8-18-4)13(17)9-15/h5-6H,7-9H2,1-4H3. The number of rotatable bonds is 5. The minimum absolute atomic E-state index is 0.0173. The molecule has 0 unspecified atom stereocenters. The third kappa shape index (κ3) is 3.24. The number of hydrogen-bond donors (Lipinski definition) is 0. The molecule has 0 radical (unpaired) electrons. The lowest BCUT2D eigenvalue weighted by Crippen LogP contribution is -2.36. The molecule has 0 spiro atoms. The summed E-state index contributed by atoms with van der Waals surface area (Å²) in [6.45, 7) is 7.09. The second-order valence-electron chi connectivity index (χ2n) is 4.34. The summed E-state index contributed by atoms with van der Waals surface area (Å²) < 4.78 is 5.06. The largest absolute Gasteiger partial charge is 0.383 e. The molecule has 0 aliphatic carbocycles. The second-order valence-corrected chi connectivity index (χ2v) is 4.61. The van der Waals surface area contributed by atoms with E-state index in [1.807, 2.05) is 26.8 Å². The third-order valence-electron chi connectivity index (χ3n) is 3.11. The molecule has 4 heteroatoms. The highest BCUT2D eigenvalue weighted by atomic mass is 35.5. The van der Waals surface area contributed by atoms with Crippen LogP contribution in [0.3, 0.4) is 0 Å². The van der Waals surface area contributed by atoms with E-state index in [0.717, 1.165) is 16.8 Å². The first-order valence-electron chi connectivity index (χ1n) is 5.95. The molecule has 0 heterocycles. The highest BCUT2D eigenvalue weighted by Gasteiger charge is 2.19. The fraction of sp³-hybridized carbons (Fsp3) is 0.500. The van der Waals surface area contributed by atoms with E-state index in [9.17, 15) is 4.79 Å². The number of carbonyl (C=O) groups is 1. The van der Waals surface area contributed by atoms with Crippen LogP contribution in [0.15, 0.2) is 12.1 Å². The van der Waals surface area contributed by atoms with Crippen molar-refractivity contribution in [3.8, 4) is 0 Å². The summed E-state index contributed by atoms with van der Waals surface area (Å²) in [7, 11) is 1.62. The van der Waals surface area contributed by atoms with Gasteiger partial charge in [-0.25, -0.2) is 0 Å². The van der Waals surface area contributed by atoms with Gasteiger partial charge in [0.15, 0.2) is 0 Å². The molecule has 1 rings (SSSR count). The maximum atomic E-state index is 12.0. The van der Waals surface area contributed by atoms with Gasteiger partial charge in [-0.2, -0.15) is 0 Å². The lowest BCUT2D eigenvalue weighted by atomic mass is 10.0. The number of amides is 1. The van der Waals surface area contributed by atoms with E-state index < -0.39 is 0 Å². The molecule has 0 N–H and O–H groups in total. The maximum absolute atomic E-state index is 12.0. The molecule has 0 atom stereocenters. The average molecular weight is 270 g/mol. The Hall–Kier alpha value is -1.06. The molecule has 0 aliphatic heterocycles. The summed E-state index contributed by atoms with van der Waals surface area (Å²) >= 11 is 5.69. The molecule has 3 nitrogen and oxygen atoms in total. The van der Waals surface area contributed by atoms with Crippen molar-refractivity contribution in [2.24, 2.45) is 0 Å². The second kappa shape index (κ2) is 6.76. The van der Waals surface area contributed by atoms with Crippen molar-refractivity contribution in [3.63, 3.8) is 0 Å². The zero-order valence-electron chi connectivity index (χ0n) is 11.4. The van der Waals surface area contributed by atoms with Crippen molar-refractivity contribution in [3.05, 3.63) is 28.8 Å². The predicted octanol–water partition coefficient (Wildman–Crippen LogP) is 2.83. The van der Waals surface area contributed by atoms with Crippen LogP contribution < -0.4 is 4.90 Å². The summed E-state index contributed by atoms with van der Waals surface area (Å²) in [5.74, 6) is -0.109. The van der Waals surface area contributed by atoms with E-state index >= 15 is 0 Å². The number of ether oxygens (including phenoxy) is 1. The highest BCUT2D eigenvalue weighted by molar-refractivity contribution is 6.29. The summed E-state index contributed by atoms with van der Waals surface area (Å²) in [5, 5.41) is 0. The molecule has 0 saturated heterocycles. The molecule has 1 aromatic carbocycles. The quantitative estimate of drug-likeness (QED) is 0.770. The summed E-state index contributed by atoms with van der Waals surface area (Å²) in [4.78, 5) is 13.7.